The molecule has 10 nitrogen and oxygen atoms in total. The number of fused-ring (bicyclic) bond motifs is 5. The van der Waals surface area contributed by atoms with Crippen molar-refractivity contribution in [2.75, 3.05) is 6.61 Å². The molecule has 0 aromatic heterocycles. The second kappa shape index (κ2) is 12.9. The highest BCUT2D eigenvalue weighted by Gasteiger charge is 2.89. The van der Waals surface area contributed by atoms with Crippen molar-refractivity contribution in [2.45, 2.75) is 135 Å². The lowest BCUT2D eigenvalue weighted by Crippen LogP contribution is -2.68. The van der Waals surface area contributed by atoms with Crippen LogP contribution < -0.4 is 0 Å². The number of carbonyl (C=O) groups is 3. The molecule has 0 bridgehead atoms. The Hall–Kier alpha value is -2.11. The van der Waals surface area contributed by atoms with Gasteiger partial charge in [0.15, 0.2) is 17.0 Å². The number of Topliss-reactive ketones (excluding diaryl/α,β-unsaturated/α-hetero) is 1. The number of hydrogen-bond acceptors (Lipinski definition) is 10. The molecule has 0 heterocycles. The Morgan fingerprint density at radius 1 is 1.00 bits per heavy atom. The Kier molecular flexibility index (Phi) is 10.2. The minimum absolute atomic E-state index is 0.0183. The van der Waals surface area contributed by atoms with Crippen LogP contribution in [0.25, 0.3) is 0 Å². The smallest absolute Gasteiger partial charge is 0.306 e. The summed E-state index contributed by atoms with van der Waals surface area (Å²) >= 11 is 0. The molecular weight excluding hydrogens is 568 g/mol. The normalized spacial score (nSPS) is 38.5. The van der Waals surface area contributed by atoms with Gasteiger partial charge in [0.25, 0.3) is 0 Å². The zero-order valence-corrected chi connectivity index (χ0v) is 27.1. The van der Waals surface area contributed by atoms with E-state index < -0.39 is 82.4 Å². The minimum atomic E-state index is -2.23. The van der Waals surface area contributed by atoms with Crippen molar-refractivity contribution < 1.29 is 49.3 Å². The summed E-state index contributed by atoms with van der Waals surface area (Å²) in [6.45, 7) is 9.63. The zero-order valence-electron chi connectivity index (χ0n) is 27.1. The third-order valence-electron chi connectivity index (χ3n) is 11.2. The largest absolute Gasteiger partial charge is 0.458 e. The van der Waals surface area contributed by atoms with Gasteiger partial charge in [0.2, 0.25) is 0 Å². The molecule has 2 fully saturated rings. The molecule has 1 unspecified atom stereocenters. The monoisotopic (exact) mass is 620 g/mol. The second-order valence-electron chi connectivity index (χ2n) is 14.2. The van der Waals surface area contributed by atoms with Crippen molar-refractivity contribution in [1.82, 2.24) is 0 Å². The number of ether oxygens (including phenoxy) is 2. The van der Waals surface area contributed by atoms with Gasteiger partial charge < -0.3 is 24.8 Å². The highest BCUT2D eigenvalue weighted by Crippen LogP contribution is 2.77. The van der Waals surface area contributed by atoms with Crippen LogP contribution in [0.15, 0.2) is 23.3 Å². The maximum Gasteiger partial charge on any atom is 0.306 e. The van der Waals surface area contributed by atoms with Crippen LogP contribution in [0.3, 0.4) is 0 Å². The quantitative estimate of drug-likeness (QED) is 0.0719. The molecule has 248 valence electrons. The number of rotatable bonds is 14. The first kappa shape index (κ1) is 34.8. The Balaban J connectivity index is 1.65. The Bertz CT molecular complexity index is 1170. The maximum absolute atomic E-state index is 13.3. The van der Waals surface area contributed by atoms with Crippen molar-refractivity contribution in [3.8, 4) is 0 Å². The van der Waals surface area contributed by atoms with Crippen LogP contribution in [-0.2, 0) is 28.7 Å². The number of carbonyl (C=O) groups excluding carboxylic acids is 3. The fraction of sp³-hybridized carbons (Fsp3) is 0.794. The summed E-state index contributed by atoms with van der Waals surface area (Å²) in [4.78, 5) is 44.2. The summed E-state index contributed by atoms with van der Waals surface area (Å²) in [5.41, 5.74) is -6.24. The molecule has 4 aliphatic rings. The van der Waals surface area contributed by atoms with E-state index in [4.69, 9.17) is 14.4 Å². The van der Waals surface area contributed by atoms with Crippen molar-refractivity contribution in [1.29, 1.82) is 0 Å². The van der Waals surface area contributed by atoms with Gasteiger partial charge in [-0.2, -0.15) is 0 Å². The molecule has 44 heavy (non-hydrogen) atoms. The summed E-state index contributed by atoms with van der Waals surface area (Å²) in [5.74, 6) is -5.73. The molecule has 0 spiro atoms. The van der Waals surface area contributed by atoms with Gasteiger partial charge in [0.05, 0.1) is 12.2 Å². The molecule has 0 radical (unpaired) electrons. The van der Waals surface area contributed by atoms with Gasteiger partial charge in [0.1, 0.15) is 12.2 Å². The summed E-state index contributed by atoms with van der Waals surface area (Å²) in [5, 5.41) is 45.2. The molecule has 10 heteroatoms. The van der Waals surface area contributed by atoms with Crippen LogP contribution in [0.5, 0.6) is 0 Å². The Labute approximate surface area is 260 Å². The predicted molar refractivity (Wildman–Crippen MR) is 161 cm³/mol. The zero-order chi connectivity index (χ0) is 32.7. The fourth-order valence-corrected chi connectivity index (χ4v) is 9.02. The van der Waals surface area contributed by atoms with Gasteiger partial charge in [-0.1, -0.05) is 85.1 Å². The van der Waals surface area contributed by atoms with E-state index in [0.29, 0.717) is 6.42 Å². The summed E-state index contributed by atoms with van der Waals surface area (Å²) < 4.78 is 12.2. The first-order chi connectivity index (χ1) is 20.7. The Morgan fingerprint density at radius 2 is 1.59 bits per heavy atom. The van der Waals surface area contributed by atoms with E-state index >= 15 is 0 Å². The van der Waals surface area contributed by atoms with Gasteiger partial charge in [-0.3, -0.25) is 19.6 Å². The number of aliphatic hydroxyl groups excluding tert-OH is 1. The highest BCUT2D eigenvalue weighted by molar-refractivity contribution is 6.06. The number of ketones is 1. The van der Waals surface area contributed by atoms with Crippen LogP contribution in [0, 0.1) is 29.1 Å². The van der Waals surface area contributed by atoms with Gasteiger partial charge in [-0.25, -0.2) is 4.89 Å². The average Bonchev–Trinajstić information content (AvgIpc) is 3.37. The summed E-state index contributed by atoms with van der Waals surface area (Å²) in [6, 6.07) is 0. The first-order valence-electron chi connectivity index (χ1n) is 16.4. The molecule has 0 aromatic carbocycles. The van der Waals surface area contributed by atoms with Crippen molar-refractivity contribution in [3.05, 3.63) is 23.3 Å². The van der Waals surface area contributed by atoms with Crippen LogP contribution in [0.1, 0.15) is 106 Å². The van der Waals surface area contributed by atoms with E-state index in [2.05, 4.69) is 6.92 Å². The van der Waals surface area contributed by atoms with Gasteiger partial charge in [0, 0.05) is 42.4 Å². The number of esters is 2. The lowest BCUT2D eigenvalue weighted by Gasteiger charge is -2.54. The van der Waals surface area contributed by atoms with Crippen LogP contribution in [0.2, 0.25) is 0 Å². The molecule has 4 aliphatic carbocycles. The molecule has 4 rings (SSSR count). The third kappa shape index (κ3) is 5.38. The molecule has 9 atom stereocenters. The van der Waals surface area contributed by atoms with Crippen LogP contribution in [0.4, 0.5) is 0 Å². The second-order valence-corrected chi connectivity index (χ2v) is 14.2. The van der Waals surface area contributed by atoms with E-state index in [-0.39, 0.29) is 17.6 Å². The van der Waals surface area contributed by atoms with Gasteiger partial charge in [-0.15, -0.1) is 0 Å². The van der Waals surface area contributed by atoms with Crippen molar-refractivity contribution >= 4 is 17.7 Å². The summed E-state index contributed by atoms with van der Waals surface area (Å²) in [6.07, 6.45) is 10.2. The first-order valence-corrected chi connectivity index (χ1v) is 16.4. The number of aliphatic hydroxyl groups is 3. The van der Waals surface area contributed by atoms with Gasteiger partial charge >= 0.3 is 11.9 Å². The molecule has 2 saturated carbocycles. The fourth-order valence-electron chi connectivity index (χ4n) is 9.02. The van der Waals surface area contributed by atoms with E-state index in [0.717, 1.165) is 19.3 Å². The SMILES string of the molecule is CCCCCCCCCCCC(=O)O[C@@H]1[C@@H](C)[C@@]2(O)[C@@H](C(OO)C(CO)=C[C@]3(O)C(=O)C(C)=C[C@@H]23)[C@@H]2C(C)(C)[C@@]12OC(C)=O. The molecule has 4 N–H and O–H groups in total. The third-order valence-corrected chi connectivity index (χ3v) is 11.2. The van der Waals surface area contributed by atoms with E-state index in [1.807, 2.05) is 13.8 Å². The number of hydrogen-bond donors (Lipinski definition) is 4. The van der Waals surface area contributed by atoms with E-state index in [9.17, 15) is 35.0 Å². The lowest BCUT2D eigenvalue weighted by molar-refractivity contribution is -0.313. The Morgan fingerprint density at radius 3 is 2.14 bits per heavy atom. The van der Waals surface area contributed by atoms with E-state index in [1.165, 1.54) is 51.2 Å². The maximum atomic E-state index is 13.3. The van der Waals surface area contributed by atoms with Crippen LogP contribution in [-0.4, -0.2) is 73.9 Å². The van der Waals surface area contributed by atoms with Crippen LogP contribution >= 0.6 is 0 Å². The van der Waals surface area contributed by atoms with Crippen molar-refractivity contribution in [3.63, 3.8) is 0 Å². The standard InChI is InChI=1S/C34H52O10/c1-7-8-9-10-11-12-13-14-15-16-25(37)42-30-21(3)33(40)24-17-20(2)29(38)32(24,39)18-23(19-35)27(44-41)26(33)28-31(5,6)34(28,30)43-22(4)36/h17-18,21,24,26-28,30,35,39-41H,7-16,19H2,1-6H3/t21-,24-,26+,27?,28-,30-,32-,33+,34+/m1/s1. The van der Waals surface area contributed by atoms with E-state index in [1.54, 1.807) is 13.8 Å². The molecule has 0 aliphatic heterocycles. The molecule has 0 amide bonds. The molecule has 0 saturated heterocycles. The molecular formula is C34H52O10. The topological polar surface area (TPSA) is 160 Å². The van der Waals surface area contributed by atoms with Crippen molar-refractivity contribution in [2.24, 2.45) is 29.1 Å². The molecule has 0 aromatic rings. The lowest BCUT2D eigenvalue weighted by atomic mass is 9.58. The average molecular weight is 621 g/mol. The minimum Gasteiger partial charge on any atom is -0.458 e. The predicted octanol–water partition coefficient (Wildman–Crippen LogP) is 4.44. The summed E-state index contributed by atoms with van der Waals surface area (Å²) in [7, 11) is 0. The highest BCUT2D eigenvalue weighted by atomic mass is 17.1. The number of unbranched alkanes of at least 4 members (excludes halogenated alkanes) is 8. The van der Waals surface area contributed by atoms with Gasteiger partial charge in [-0.05, 0) is 30.6 Å².